The molecule has 0 nitrogen and oxygen atoms in total. The van der Waals surface area contributed by atoms with Gasteiger partial charge in [-0.3, -0.25) is 0 Å². The molecule has 0 saturated heterocycles. The molecule has 0 aromatic rings. The minimum atomic E-state index is -1.29. The van der Waals surface area contributed by atoms with Crippen LogP contribution < -0.4 is 0 Å². The molecule has 0 amide bonds. The van der Waals surface area contributed by atoms with Crippen LogP contribution >= 0.6 is 22.2 Å². The maximum Gasteiger partial charge on any atom is 0.237 e. The van der Waals surface area contributed by atoms with E-state index >= 15 is 0 Å². The van der Waals surface area contributed by atoms with E-state index in [2.05, 4.69) is 6.92 Å². The van der Waals surface area contributed by atoms with E-state index in [1.54, 1.807) is 0 Å². The van der Waals surface area contributed by atoms with E-state index in [4.69, 9.17) is 22.2 Å². The summed E-state index contributed by atoms with van der Waals surface area (Å²) in [7, 11) is -1.29. The van der Waals surface area contributed by atoms with Crippen molar-refractivity contribution in [3.05, 3.63) is 0 Å². The lowest BCUT2D eigenvalue weighted by atomic mass is 10.1. The molecule has 0 spiro atoms. The van der Waals surface area contributed by atoms with Crippen LogP contribution in [0.1, 0.15) is 51.9 Å². The van der Waals surface area contributed by atoms with Crippen LogP contribution in [-0.4, -0.2) is 7.42 Å². The molecule has 0 unspecified atom stereocenters. The van der Waals surface area contributed by atoms with E-state index < -0.39 is 7.42 Å². The summed E-state index contributed by atoms with van der Waals surface area (Å²) in [5, 5.41) is 0. The van der Waals surface area contributed by atoms with Crippen molar-refractivity contribution in [3.63, 3.8) is 0 Å². The minimum absolute atomic E-state index is 1.09. The molecule has 0 aliphatic heterocycles. The van der Waals surface area contributed by atoms with Gasteiger partial charge in [0.15, 0.2) is 0 Å². The highest BCUT2D eigenvalue weighted by Crippen LogP contribution is 2.12. The van der Waals surface area contributed by atoms with Crippen LogP contribution in [0.4, 0.5) is 0 Å². The van der Waals surface area contributed by atoms with Gasteiger partial charge in [0.25, 0.3) is 0 Å². The maximum absolute atomic E-state index is 5.74. The average molecular weight is 227 g/mol. The highest BCUT2D eigenvalue weighted by Gasteiger charge is 2.00. The van der Waals surface area contributed by atoms with Crippen LogP contribution in [0.15, 0.2) is 0 Å². The number of hydrogen-bond acceptors (Lipinski definition) is 0. The Labute approximate surface area is 87.7 Å². The second kappa shape index (κ2) is 9.88. The first-order chi connectivity index (χ1) is 5.77. The smallest absolute Gasteiger partial charge is 0.150 e. The van der Waals surface area contributed by atoms with Gasteiger partial charge in [0.05, 0.1) is 0 Å². The summed E-state index contributed by atoms with van der Waals surface area (Å²) < 4.78 is 0. The molecule has 0 aromatic heterocycles. The first kappa shape index (κ1) is 12.8. The zero-order chi connectivity index (χ0) is 9.23. The van der Waals surface area contributed by atoms with Gasteiger partial charge in [0.2, 0.25) is 7.42 Å². The van der Waals surface area contributed by atoms with E-state index in [1.807, 2.05) is 0 Å². The molecule has 0 saturated carbocycles. The number of hydrogen-bond donors (Lipinski definition) is 0. The third kappa shape index (κ3) is 10.8. The standard InChI is InChI=1S/C9H20Cl2Si/c1-2-3-4-5-6-7-8-9-12(10)11/h12H,2-9H2,1H3. The number of rotatable bonds is 8. The largest absolute Gasteiger partial charge is 0.237 e. The Hall–Kier alpha value is 0.797. The van der Waals surface area contributed by atoms with E-state index in [0.717, 1.165) is 6.04 Å². The van der Waals surface area contributed by atoms with E-state index in [0.29, 0.717) is 0 Å². The second-order valence-corrected chi connectivity index (χ2v) is 8.49. The van der Waals surface area contributed by atoms with Crippen molar-refractivity contribution < 1.29 is 0 Å². The van der Waals surface area contributed by atoms with Crippen molar-refractivity contribution in [2.24, 2.45) is 0 Å². The fourth-order valence-electron chi connectivity index (χ4n) is 1.26. The SMILES string of the molecule is CCCCCCCCC[SiH](Cl)Cl. The van der Waals surface area contributed by atoms with E-state index in [9.17, 15) is 0 Å². The maximum atomic E-state index is 5.74. The highest BCUT2D eigenvalue weighted by atomic mass is 35.7. The molecule has 0 fully saturated rings. The molecular weight excluding hydrogens is 207 g/mol. The zero-order valence-electron chi connectivity index (χ0n) is 7.99. The van der Waals surface area contributed by atoms with Crippen LogP contribution in [0.2, 0.25) is 6.04 Å². The molecule has 0 aliphatic carbocycles. The third-order valence-electron chi connectivity index (χ3n) is 2.03. The molecule has 12 heavy (non-hydrogen) atoms. The number of unbranched alkanes of at least 4 members (excludes halogenated alkanes) is 6. The molecule has 3 heteroatoms. The Bertz CT molecular complexity index is 86.6. The molecule has 0 aliphatic rings. The van der Waals surface area contributed by atoms with Gasteiger partial charge in [-0.15, -0.1) is 0 Å². The van der Waals surface area contributed by atoms with Crippen molar-refractivity contribution in [1.82, 2.24) is 0 Å². The van der Waals surface area contributed by atoms with Gasteiger partial charge >= 0.3 is 0 Å². The summed E-state index contributed by atoms with van der Waals surface area (Å²) in [6, 6.07) is 1.09. The van der Waals surface area contributed by atoms with Gasteiger partial charge in [-0.25, -0.2) is 0 Å². The fraction of sp³-hybridized carbons (Fsp3) is 1.00. The summed E-state index contributed by atoms with van der Waals surface area (Å²) in [4.78, 5) is 0. The zero-order valence-corrected chi connectivity index (χ0v) is 10.7. The predicted molar refractivity (Wildman–Crippen MR) is 61.7 cm³/mol. The summed E-state index contributed by atoms with van der Waals surface area (Å²) >= 11 is 11.5. The van der Waals surface area contributed by atoms with Crippen LogP contribution in [0.5, 0.6) is 0 Å². The summed E-state index contributed by atoms with van der Waals surface area (Å²) in [6.07, 6.45) is 9.46. The predicted octanol–water partition coefficient (Wildman–Crippen LogP) is 4.44. The highest BCUT2D eigenvalue weighted by molar-refractivity contribution is 7.33. The summed E-state index contributed by atoms with van der Waals surface area (Å²) in [6.45, 7) is 2.25. The van der Waals surface area contributed by atoms with Gasteiger partial charge in [-0.05, 0) is 6.04 Å². The lowest BCUT2D eigenvalue weighted by Crippen LogP contribution is -1.90. The third-order valence-corrected chi connectivity index (χ3v) is 4.18. The molecule has 0 N–H and O–H groups in total. The monoisotopic (exact) mass is 226 g/mol. The van der Waals surface area contributed by atoms with Gasteiger partial charge in [-0.2, -0.15) is 22.2 Å². The number of halogens is 2. The van der Waals surface area contributed by atoms with Crippen molar-refractivity contribution in [2.75, 3.05) is 0 Å². The molecule has 0 aromatic carbocycles. The lowest BCUT2D eigenvalue weighted by molar-refractivity contribution is 0.601. The quantitative estimate of drug-likeness (QED) is 0.327. The average Bonchev–Trinajstić information content (AvgIpc) is 2.02. The van der Waals surface area contributed by atoms with Crippen molar-refractivity contribution in [1.29, 1.82) is 0 Å². The van der Waals surface area contributed by atoms with Gasteiger partial charge in [-0.1, -0.05) is 51.9 Å². The van der Waals surface area contributed by atoms with Crippen molar-refractivity contribution >= 4 is 29.6 Å². The van der Waals surface area contributed by atoms with Crippen molar-refractivity contribution in [3.8, 4) is 0 Å². The van der Waals surface area contributed by atoms with E-state index in [1.165, 1.54) is 44.9 Å². The van der Waals surface area contributed by atoms with Gasteiger partial charge in [0, 0.05) is 0 Å². The van der Waals surface area contributed by atoms with Crippen molar-refractivity contribution in [2.45, 2.75) is 57.9 Å². The Morgan fingerprint density at radius 1 is 0.833 bits per heavy atom. The normalized spacial score (nSPS) is 11.0. The molecule has 0 radical (unpaired) electrons. The van der Waals surface area contributed by atoms with Gasteiger partial charge < -0.3 is 0 Å². The lowest BCUT2D eigenvalue weighted by Gasteiger charge is -2.00. The fourth-order valence-corrected chi connectivity index (χ4v) is 2.78. The van der Waals surface area contributed by atoms with Gasteiger partial charge in [0.1, 0.15) is 0 Å². The Morgan fingerprint density at radius 3 is 1.83 bits per heavy atom. The molecule has 0 rings (SSSR count). The Balaban J connectivity index is 2.82. The molecule has 0 bridgehead atoms. The van der Waals surface area contributed by atoms with E-state index in [-0.39, 0.29) is 0 Å². The van der Waals surface area contributed by atoms with Crippen LogP contribution in [0.25, 0.3) is 0 Å². The molecule has 0 atom stereocenters. The first-order valence-electron chi connectivity index (χ1n) is 5.05. The second-order valence-electron chi connectivity index (χ2n) is 3.30. The minimum Gasteiger partial charge on any atom is -0.150 e. The molecular formula is C9H20Cl2Si. The molecule has 0 heterocycles. The van der Waals surface area contributed by atoms with Crippen LogP contribution in [-0.2, 0) is 0 Å². The Kier molecular flexibility index (Phi) is 10.5. The molecule has 74 valence electrons. The Morgan fingerprint density at radius 2 is 1.33 bits per heavy atom. The van der Waals surface area contributed by atoms with Crippen LogP contribution in [0.3, 0.4) is 0 Å². The summed E-state index contributed by atoms with van der Waals surface area (Å²) in [5.74, 6) is 0. The topological polar surface area (TPSA) is 0 Å². The summed E-state index contributed by atoms with van der Waals surface area (Å²) in [5.41, 5.74) is 0. The first-order valence-corrected chi connectivity index (χ1v) is 9.36. The van der Waals surface area contributed by atoms with Crippen LogP contribution in [0, 0.1) is 0 Å².